The number of hydrogen-bond donors (Lipinski definition) is 0. The zero-order chi connectivity index (χ0) is 10.6. The van der Waals surface area contributed by atoms with Gasteiger partial charge in [0.05, 0.1) is 5.01 Å². The van der Waals surface area contributed by atoms with Gasteiger partial charge < -0.3 is 0 Å². The second-order valence-corrected chi connectivity index (χ2v) is 5.02. The number of rotatable bonds is 5. The Labute approximate surface area is 89.4 Å². The van der Waals surface area contributed by atoms with Crippen molar-refractivity contribution in [2.24, 2.45) is 5.92 Å². The Hall–Kier alpha value is -0.700. The molecule has 1 aromatic heterocycles. The second kappa shape index (κ2) is 5.25. The van der Waals surface area contributed by atoms with E-state index in [0.29, 0.717) is 18.0 Å². The smallest absolute Gasteiger partial charge is 0.182 e. The lowest BCUT2D eigenvalue weighted by Gasteiger charge is -2.01. The lowest BCUT2D eigenvalue weighted by molar-refractivity contribution is 0.0974. The fourth-order valence-corrected chi connectivity index (χ4v) is 1.91. The second-order valence-electron chi connectivity index (χ2n) is 3.96. The minimum absolute atomic E-state index is 0.190. The number of Topliss-reactive ketones (excluding diaryl/α,β-unsaturated/α-hetero) is 1. The molecule has 0 unspecified atom stereocenters. The Morgan fingerprint density at radius 1 is 1.57 bits per heavy atom. The van der Waals surface area contributed by atoms with Gasteiger partial charge in [0, 0.05) is 11.8 Å². The third kappa shape index (κ3) is 3.58. The van der Waals surface area contributed by atoms with Crippen LogP contribution in [0, 0.1) is 12.8 Å². The van der Waals surface area contributed by atoms with E-state index in [1.165, 1.54) is 0 Å². The first-order valence-electron chi connectivity index (χ1n) is 5.05. The summed E-state index contributed by atoms with van der Waals surface area (Å²) in [6.45, 7) is 6.28. The summed E-state index contributed by atoms with van der Waals surface area (Å²) in [5.41, 5.74) is 0.649. The minimum Gasteiger partial charge on any atom is -0.292 e. The molecule has 1 heterocycles. The van der Waals surface area contributed by atoms with E-state index in [0.717, 1.165) is 17.8 Å². The zero-order valence-corrected chi connectivity index (χ0v) is 9.86. The average molecular weight is 211 g/mol. The van der Waals surface area contributed by atoms with E-state index in [1.807, 2.05) is 12.3 Å². The van der Waals surface area contributed by atoms with Crippen LogP contribution in [0.2, 0.25) is 0 Å². The largest absolute Gasteiger partial charge is 0.292 e. The molecule has 0 radical (unpaired) electrons. The Morgan fingerprint density at radius 2 is 2.29 bits per heavy atom. The molecule has 1 rings (SSSR count). The van der Waals surface area contributed by atoms with Crippen molar-refractivity contribution in [3.8, 4) is 0 Å². The van der Waals surface area contributed by atoms with Crippen molar-refractivity contribution in [3.05, 3.63) is 16.1 Å². The molecule has 0 spiro atoms. The topological polar surface area (TPSA) is 30.0 Å². The fourth-order valence-electron chi connectivity index (χ4n) is 1.29. The molecule has 3 heteroatoms. The molecular weight excluding hydrogens is 194 g/mol. The summed E-state index contributed by atoms with van der Waals surface area (Å²) in [5.74, 6) is 0.870. The molecule has 0 aromatic carbocycles. The predicted molar refractivity (Wildman–Crippen MR) is 59.9 cm³/mol. The van der Waals surface area contributed by atoms with E-state index in [2.05, 4.69) is 18.8 Å². The van der Waals surface area contributed by atoms with Crippen LogP contribution >= 0.6 is 11.3 Å². The van der Waals surface area contributed by atoms with Crippen molar-refractivity contribution >= 4 is 17.1 Å². The van der Waals surface area contributed by atoms with Gasteiger partial charge in [0.15, 0.2) is 5.78 Å². The monoisotopic (exact) mass is 211 g/mol. The number of aromatic nitrogens is 1. The molecule has 0 aliphatic carbocycles. The first-order chi connectivity index (χ1) is 6.59. The number of ketones is 1. The Kier molecular flexibility index (Phi) is 4.26. The van der Waals surface area contributed by atoms with E-state index in [4.69, 9.17) is 0 Å². The average Bonchev–Trinajstić information content (AvgIpc) is 2.51. The molecule has 2 nitrogen and oxygen atoms in total. The van der Waals surface area contributed by atoms with Crippen LogP contribution in [0.25, 0.3) is 0 Å². The summed E-state index contributed by atoms with van der Waals surface area (Å²) < 4.78 is 0. The quantitative estimate of drug-likeness (QED) is 0.698. The van der Waals surface area contributed by atoms with Gasteiger partial charge in [-0.05, 0) is 19.3 Å². The molecule has 78 valence electrons. The molecule has 0 saturated heterocycles. The summed E-state index contributed by atoms with van der Waals surface area (Å²) in [4.78, 5) is 15.8. The van der Waals surface area contributed by atoms with Gasteiger partial charge in [0.25, 0.3) is 0 Å². The number of carbonyl (C=O) groups is 1. The van der Waals surface area contributed by atoms with Gasteiger partial charge in [-0.15, -0.1) is 11.3 Å². The highest BCUT2D eigenvalue weighted by Crippen LogP contribution is 2.13. The Bertz CT molecular complexity index is 304. The highest BCUT2D eigenvalue weighted by molar-refractivity contribution is 7.09. The van der Waals surface area contributed by atoms with Gasteiger partial charge in [0.1, 0.15) is 5.69 Å². The summed E-state index contributed by atoms with van der Waals surface area (Å²) in [7, 11) is 0. The zero-order valence-electron chi connectivity index (χ0n) is 9.04. The fraction of sp³-hybridized carbons (Fsp3) is 0.636. The summed E-state index contributed by atoms with van der Waals surface area (Å²) >= 11 is 1.54. The summed E-state index contributed by atoms with van der Waals surface area (Å²) in [5, 5.41) is 2.82. The predicted octanol–water partition coefficient (Wildman–Crippen LogP) is 3.46. The van der Waals surface area contributed by atoms with Crippen LogP contribution in [0.15, 0.2) is 5.38 Å². The highest BCUT2D eigenvalue weighted by Gasteiger charge is 2.08. The Balaban J connectivity index is 2.36. The maximum absolute atomic E-state index is 11.6. The number of nitrogens with zero attached hydrogens (tertiary/aromatic N) is 1. The van der Waals surface area contributed by atoms with E-state index < -0.39 is 0 Å². The van der Waals surface area contributed by atoms with Gasteiger partial charge >= 0.3 is 0 Å². The van der Waals surface area contributed by atoms with Crippen LogP contribution in [0.5, 0.6) is 0 Å². The van der Waals surface area contributed by atoms with E-state index in [9.17, 15) is 4.79 Å². The van der Waals surface area contributed by atoms with Gasteiger partial charge in [-0.2, -0.15) is 0 Å². The number of thiazole rings is 1. The molecule has 0 aliphatic heterocycles. The van der Waals surface area contributed by atoms with Crippen LogP contribution in [0.3, 0.4) is 0 Å². The van der Waals surface area contributed by atoms with Crippen molar-refractivity contribution in [1.82, 2.24) is 4.98 Å². The first-order valence-corrected chi connectivity index (χ1v) is 5.93. The standard InChI is InChI=1S/C11H17NOS/c1-8(2)5-4-6-11(13)10-7-14-9(3)12-10/h7-8H,4-6H2,1-3H3. The van der Waals surface area contributed by atoms with Gasteiger partial charge in [-0.3, -0.25) is 4.79 Å². The van der Waals surface area contributed by atoms with Crippen LogP contribution in [-0.4, -0.2) is 10.8 Å². The van der Waals surface area contributed by atoms with Crippen molar-refractivity contribution in [2.75, 3.05) is 0 Å². The highest BCUT2D eigenvalue weighted by atomic mass is 32.1. The Morgan fingerprint density at radius 3 is 2.79 bits per heavy atom. The lowest BCUT2D eigenvalue weighted by atomic mass is 10.0. The molecule has 0 amide bonds. The minimum atomic E-state index is 0.190. The third-order valence-corrected chi connectivity index (χ3v) is 2.86. The molecule has 1 aromatic rings. The van der Waals surface area contributed by atoms with Crippen molar-refractivity contribution in [2.45, 2.75) is 40.0 Å². The molecule has 0 N–H and O–H groups in total. The van der Waals surface area contributed by atoms with Gasteiger partial charge in [-0.1, -0.05) is 20.3 Å². The molecule has 0 saturated carbocycles. The normalized spacial score (nSPS) is 10.9. The van der Waals surface area contributed by atoms with Crippen LogP contribution in [0.1, 0.15) is 48.6 Å². The molecule has 0 bridgehead atoms. The number of aryl methyl sites for hydroxylation is 1. The van der Waals surface area contributed by atoms with E-state index in [1.54, 1.807) is 11.3 Å². The SMILES string of the molecule is Cc1nc(C(=O)CCCC(C)C)cs1. The van der Waals surface area contributed by atoms with Gasteiger partial charge in [0.2, 0.25) is 0 Å². The van der Waals surface area contributed by atoms with Crippen molar-refractivity contribution in [1.29, 1.82) is 0 Å². The summed E-state index contributed by atoms with van der Waals surface area (Å²) in [6, 6.07) is 0. The van der Waals surface area contributed by atoms with E-state index >= 15 is 0 Å². The molecular formula is C11H17NOS. The van der Waals surface area contributed by atoms with Crippen molar-refractivity contribution in [3.63, 3.8) is 0 Å². The maximum atomic E-state index is 11.6. The van der Waals surface area contributed by atoms with Crippen LogP contribution in [-0.2, 0) is 0 Å². The molecule has 0 atom stereocenters. The maximum Gasteiger partial charge on any atom is 0.182 e. The molecule has 0 fully saturated rings. The van der Waals surface area contributed by atoms with Gasteiger partial charge in [-0.25, -0.2) is 4.98 Å². The lowest BCUT2D eigenvalue weighted by Crippen LogP contribution is -2.00. The number of hydrogen-bond acceptors (Lipinski definition) is 3. The summed E-state index contributed by atoms with van der Waals surface area (Å²) in [6.07, 6.45) is 2.74. The first kappa shape index (κ1) is 11.4. The van der Waals surface area contributed by atoms with E-state index in [-0.39, 0.29) is 5.78 Å². The molecule has 14 heavy (non-hydrogen) atoms. The number of carbonyl (C=O) groups excluding carboxylic acids is 1. The van der Waals surface area contributed by atoms with Crippen LogP contribution in [0.4, 0.5) is 0 Å². The van der Waals surface area contributed by atoms with Crippen LogP contribution < -0.4 is 0 Å². The third-order valence-electron chi connectivity index (χ3n) is 2.09. The van der Waals surface area contributed by atoms with Crippen molar-refractivity contribution < 1.29 is 4.79 Å². The molecule has 0 aliphatic rings.